The van der Waals surface area contributed by atoms with Gasteiger partial charge in [-0.15, -0.1) is 0 Å². The fraction of sp³-hybridized carbons (Fsp3) is 0.375. The number of aromatic nitrogens is 1. The Morgan fingerprint density at radius 2 is 2.00 bits per heavy atom. The molecule has 0 saturated carbocycles. The molecule has 1 heterocycles. The van der Waals surface area contributed by atoms with E-state index >= 15 is 0 Å². The van der Waals surface area contributed by atoms with E-state index in [4.69, 9.17) is 5.11 Å². The summed E-state index contributed by atoms with van der Waals surface area (Å²) in [6, 6.07) is 3.09. The third kappa shape index (κ3) is 3.24. The van der Waals surface area contributed by atoms with Crippen molar-refractivity contribution in [3.8, 4) is 0 Å². The molecule has 0 aliphatic rings. The first-order valence-corrected chi connectivity index (χ1v) is 4.01. The molecular weight excluding hydrogens is 200 g/mol. The van der Waals surface area contributed by atoms with Crippen molar-refractivity contribution < 1.29 is 13.9 Å². The molecule has 5 heteroatoms. The van der Waals surface area contributed by atoms with Gasteiger partial charge in [-0.05, 0) is 29.3 Å². The van der Waals surface area contributed by atoms with E-state index in [-0.39, 0.29) is 6.42 Å². The van der Waals surface area contributed by atoms with Crippen molar-refractivity contribution >= 4 is 11.6 Å². The molecule has 0 aliphatic heterocycles. The molecule has 72 valence electrons. The third-order valence-electron chi connectivity index (χ3n) is 1.56. The molecule has 2 nitrogen and oxygen atoms in total. The number of halogens is 3. The highest BCUT2D eigenvalue weighted by molar-refractivity contribution is 6.22. The number of hydrogen-bond donors (Lipinski definition) is 1. The minimum atomic E-state index is -3.58. The highest BCUT2D eigenvalue weighted by atomic mass is 35.5. The van der Waals surface area contributed by atoms with Gasteiger partial charge in [0.1, 0.15) is 6.10 Å². The van der Waals surface area contributed by atoms with Crippen LogP contribution >= 0.6 is 11.6 Å². The van der Waals surface area contributed by atoms with Gasteiger partial charge in [0.15, 0.2) is 0 Å². The normalized spacial score (nSPS) is 14.2. The van der Waals surface area contributed by atoms with Crippen molar-refractivity contribution in [2.75, 3.05) is 0 Å². The summed E-state index contributed by atoms with van der Waals surface area (Å²) in [6.07, 6.45) is 0.888. The lowest BCUT2D eigenvalue weighted by Gasteiger charge is -2.15. The maximum absolute atomic E-state index is 12.3. The maximum Gasteiger partial charge on any atom is 0.347 e. The van der Waals surface area contributed by atoms with Crippen molar-refractivity contribution in [2.45, 2.75) is 17.9 Å². The Bertz CT molecular complexity index is 263. The lowest BCUT2D eigenvalue weighted by molar-refractivity contribution is -0.0397. The minimum absolute atomic E-state index is 0.182. The molecular formula is C8H8ClF2NO. The fourth-order valence-corrected chi connectivity index (χ4v) is 0.935. The fourth-order valence-electron chi connectivity index (χ4n) is 0.858. The molecule has 1 atom stereocenters. The largest absolute Gasteiger partial charge is 0.385 e. The summed E-state index contributed by atoms with van der Waals surface area (Å²) >= 11 is 4.63. The first kappa shape index (κ1) is 10.3. The molecule has 0 bridgehead atoms. The average molecular weight is 208 g/mol. The SMILES string of the molecule is OC(Cc1ccncc1)C(F)(F)Cl. The quantitative estimate of drug-likeness (QED) is 0.767. The summed E-state index contributed by atoms with van der Waals surface area (Å²) in [5.41, 5.74) is 0.572. The van der Waals surface area contributed by atoms with E-state index in [2.05, 4.69) is 16.6 Å². The average Bonchev–Trinajstić information content (AvgIpc) is 2.04. The van der Waals surface area contributed by atoms with Crippen LogP contribution in [-0.2, 0) is 6.42 Å². The second-order valence-electron chi connectivity index (χ2n) is 2.62. The van der Waals surface area contributed by atoms with Crippen LogP contribution in [0.15, 0.2) is 24.5 Å². The van der Waals surface area contributed by atoms with E-state index in [1.807, 2.05) is 0 Å². The summed E-state index contributed by atoms with van der Waals surface area (Å²) in [7, 11) is 0. The van der Waals surface area contributed by atoms with Crippen LogP contribution in [0.2, 0.25) is 0 Å². The lowest BCUT2D eigenvalue weighted by atomic mass is 10.1. The predicted octanol–water partition coefficient (Wildman–Crippen LogP) is 1.82. The molecule has 0 amide bonds. The first-order valence-electron chi connectivity index (χ1n) is 3.64. The maximum atomic E-state index is 12.3. The van der Waals surface area contributed by atoms with Crippen LogP contribution in [0, 0.1) is 0 Å². The molecule has 1 aromatic heterocycles. The third-order valence-corrected chi connectivity index (χ3v) is 1.81. The number of aliphatic hydroxyl groups is 1. The second-order valence-corrected chi connectivity index (χ2v) is 3.12. The van der Waals surface area contributed by atoms with Crippen LogP contribution in [0.5, 0.6) is 0 Å². The van der Waals surface area contributed by atoms with Gasteiger partial charge in [0.2, 0.25) is 0 Å². The standard InChI is InChI=1S/C8H8ClF2NO/c9-8(10,11)7(13)5-6-1-3-12-4-2-6/h1-4,7,13H,5H2. The highest BCUT2D eigenvalue weighted by Crippen LogP contribution is 2.25. The van der Waals surface area contributed by atoms with Gasteiger partial charge in [-0.25, -0.2) is 0 Å². The lowest BCUT2D eigenvalue weighted by Crippen LogP contribution is -2.29. The highest BCUT2D eigenvalue weighted by Gasteiger charge is 2.35. The summed E-state index contributed by atoms with van der Waals surface area (Å²) in [5, 5.41) is 5.36. The van der Waals surface area contributed by atoms with Crippen LogP contribution in [0.3, 0.4) is 0 Å². The van der Waals surface area contributed by atoms with Crippen molar-refractivity contribution in [3.63, 3.8) is 0 Å². The van der Waals surface area contributed by atoms with Gasteiger partial charge in [-0.3, -0.25) is 4.98 Å². The van der Waals surface area contributed by atoms with E-state index in [0.29, 0.717) is 5.56 Å². The molecule has 0 radical (unpaired) electrons. The summed E-state index contributed by atoms with van der Waals surface area (Å²) in [5.74, 6) is 0. The van der Waals surface area contributed by atoms with Gasteiger partial charge < -0.3 is 5.11 Å². The van der Waals surface area contributed by atoms with Gasteiger partial charge in [0, 0.05) is 18.8 Å². The van der Waals surface area contributed by atoms with Crippen molar-refractivity contribution in [1.29, 1.82) is 0 Å². The monoisotopic (exact) mass is 207 g/mol. The summed E-state index contributed by atoms with van der Waals surface area (Å²) < 4.78 is 24.6. The second kappa shape index (κ2) is 3.98. The number of alkyl halides is 3. The van der Waals surface area contributed by atoms with Gasteiger partial charge in [0.05, 0.1) is 0 Å². The molecule has 0 fully saturated rings. The van der Waals surface area contributed by atoms with Gasteiger partial charge in [0.25, 0.3) is 0 Å². The molecule has 1 unspecified atom stereocenters. The minimum Gasteiger partial charge on any atom is -0.385 e. The Balaban J connectivity index is 2.61. The molecule has 0 saturated heterocycles. The summed E-state index contributed by atoms with van der Waals surface area (Å²) in [6.45, 7) is 0. The van der Waals surface area contributed by atoms with E-state index in [1.165, 1.54) is 12.4 Å². The Kier molecular flexibility index (Phi) is 3.17. The van der Waals surface area contributed by atoms with Crippen LogP contribution in [-0.4, -0.2) is 21.6 Å². The van der Waals surface area contributed by atoms with E-state index < -0.39 is 11.5 Å². The number of aliphatic hydroxyl groups excluding tert-OH is 1. The van der Waals surface area contributed by atoms with Crippen LogP contribution in [0.1, 0.15) is 5.56 Å². The summed E-state index contributed by atoms with van der Waals surface area (Å²) in [4.78, 5) is 3.71. The van der Waals surface area contributed by atoms with Crippen molar-refractivity contribution in [2.24, 2.45) is 0 Å². The number of hydrogen-bond acceptors (Lipinski definition) is 2. The van der Waals surface area contributed by atoms with Crippen LogP contribution in [0.25, 0.3) is 0 Å². The van der Waals surface area contributed by atoms with E-state index in [0.717, 1.165) is 0 Å². The van der Waals surface area contributed by atoms with Crippen molar-refractivity contribution in [3.05, 3.63) is 30.1 Å². The zero-order chi connectivity index (χ0) is 9.90. The first-order chi connectivity index (χ1) is 6.00. The zero-order valence-corrected chi connectivity index (χ0v) is 7.38. The van der Waals surface area contributed by atoms with Gasteiger partial charge in [-0.2, -0.15) is 8.78 Å². The molecule has 1 N–H and O–H groups in total. The molecule has 1 aromatic rings. The Morgan fingerprint density at radius 1 is 1.46 bits per heavy atom. The zero-order valence-electron chi connectivity index (χ0n) is 6.62. The van der Waals surface area contributed by atoms with Gasteiger partial charge >= 0.3 is 5.38 Å². The molecule has 1 rings (SSSR count). The Labute approximate surface area is 79.2 Å². The molecule has 0 aromatic carbocycles. The Morgan fingerprint density at radius 3 is 2.46 bits per heavy atom. The number of pyridine rings is 1. The number of nitrogens with zero attached hydrogens (tertiary/aromatic N) is 1. The smallest absolute Gasteiger partial charge is 0.347 e. The molecule has 13 heavy (non-hydrogen) atoms. The van der Waals surface area contributed by atoms with E-state index in [1.54, 1.807) is 12.1 Å². The predicted molar refractivity (Wildman–Crippen MR) is 44.7 cm³/mol. The topological polar surface area (TPSA) is 33.1 Å². The van der Waals surface area contributed by atoms with Crippen LogP contribution in [0.4, 0.5) is 8.78 Å². The Hall–Kier alpha value is -0.740. The van der Waals surface area contributed by atoms with Crippen molar-refractivity contribution in [1.82, 2.24) is 4.98 Å². The van der Waals surface area contributed by atoms with E-state index in [9.17, 15) is 8.78 Å². The number of rotatable bonds is 3. The van der Waals surface area contributed by atoms with Gasteiger partial charge in [-0.1, -0.05) is 0 Å². The molecule has 0 aliphatic carbocycles. The molecule has 0 spiro atoms. The van der Waals surface area contributed by atoms with Crippen LogP contribution < -0.4 is 0 Å².